The van der Waals surface area contributed by atoms with Crippen molar-refractivity contribution in [2.75, 3.05) is 4.90 Å². The summed E-state index contributed by atoms with van der Waals surface area (Å²) in [5, 5.41) is 29.3. The van der Waals surface area contributed by atoms with Crippen molar-refractivity contribution in [3.63, 3.8) is 0 Å². The van der Waals surface area contributed by atoms with Crippen molar-refractivity contribution in [3.8, 4) is 0 Å². The molecule has 0 aromatic carbocycles. The zero-order valence-electron chi connectivity index (χ0n) is 12.8. The van der Waals surface area contributed by atoms with Gasteiger partial charge < -0.3 is 15.3 Å². The first-order chi connectivity index (χ1) is 10.6. The first-order valence-corrected chi connectivity index (χ1v) is 6.72. The number of anilines is 1. The van der Waals surface area contributed by atoms with Crippen molar-refractivity contribution < 1.29 is 24.9 Å². The molecule has 23 heavy (non-hydrogen) atoms. The number of ketones is 1. The highest BCUT2D eigenvalue weighted by molar-refractivity contribution is 6.10. The predicted octanol–water partition coefficient (Wildman–Crippen LogP) is -1.24. The summed E-state index contributed by atoms with van der Waals surface area (Å²) < 4.78 is 0. The molecule has 5 N–H and O–H groups in total. The third-order valence-corrected chi connectivity index (χ3v) is 3.41. The van der Waals surface area contributed by atoms with Gasteiger partial charge in [0.2, 0.25) is 11.8 Å². The molecule has 0 saturated carbocycles. The van der Waals surface area contributed by atoms with Gasteiger partial charge in [-0.05, 0) is 6.92 Å². The van der Waals surface area contributed by atoms with Crippen LogP contribution in [0.1, 0.15) is 38.3 Å². The molecule has 0 spiro atoms. The molecular weight excluding hydrogens is 306 g/mol. The molecule has 1 aromatic heterocycles. The smallest absolute Gasteiger partial charge is 0.256 e. The Kier molecular flexibility index (Phi) is 4.16. The molecule has 1 amide bonds. The minimum atomic E-state index is -2.16. The number of nitrogens with zero attached hydrogens (tertiary/aromatic N) is 4. The second-order valence-electron chi connectivity index (χ2n) is 5.22. The third kappa shape index (κ3) is 2.67. The Balaban J connectivity index is 2.69. The number of carbonyl (C=O) groups excluding carboxylic acids is 2. The van der Waals surface area contributed by atoms with E-state index in [1.807, 2.05) is 0 Å². The van der Waals surface area contributed by atoms with Crippen LogP contribution in [0.25, 0.3) is 0 Å². The van der Waals surface area contributed by atoms with Gasteiger partial charge >= 0.3 is 0 Å². The van der Waals surface area contributed by atoms with Crippen LogP contribution in [0.3, 0.4) is 0 Å². The first kappa shape index (κ1) is 16.9. The maximum atomic E-state index is 12.0. The van der Waals surface area contributed by atoms with Gasteiger partial charge in [-0.1, -0.05) is 0 Å². The average Bonchev–Trinajstić information content (AvgIpc) is 2.45. The van der Waals surface area contributed by atoms with Crippen molar-refractivity contribution in [2.24, 2.45) is 10.7 Å². The third-order valence-electron chi connectivity index (χ3n) is 3.41. The van der Waals surface area contributed by atoms with Crippen LogP contribution in [0.2, 0.25) is 0 Å². The number of fused-ring (bicyclic) bond motifs is 1. The molecule has 0 aliphatic carbocycles. The number of rotatable bonds is 3. The van der Waals surface area contributed by atoms with E-state index in [-0.39, 0.29) is 17.2 Å². The van der Waals surface area contributed by atoms with Gasteiger partial charge in [0.25, 0.3) is 5.79 Å². The van der Waals surface area contributed by atoms with Crippen LogP contribution in [-0.4, -0.2) is 54.8 Å². The standard InChI is InChI=1S/C13H17N5O5/c1-5(19)10(22)8-4-15-9-11(16-8)18(7(3)21)13(14,6(2)20)17-12(9)23/h4-5,10,19,22H,14H2,1-3H3,(H,17,23). The lowest BCUT2D eigenvalue weighted by atomic mass is 10.1. The molecule has 3 unspecified atom stereocenters. The quantitative estimate of drug-likeness (QED) is 0.537. The van der Waals surface area contributed by atoms with E-state index in [2.05, 4.69) is 15.0 Å². The molecule has 3 atom stereocenters. The Labute approximate surface area is 131 Å². The van der Waals surface area contributed by atoms with E-state index >= 15 is 0 Å². The topological polar surface area (TPSA) is 162 Å². The monoisotopic (exact) mass is 323 g/mol. The van der Waals surface area contributed by atoms with Crippen molar-refractivity contribution in [1.29, 1.82) is 0 Å². The minimum absolute atomic E-state index is 0.0504. The summed E-state index contributed by atoms with van der Waals surface area (Å²) in [7, 11) is 0. The molecular formula is C13H17N5O5. The van der Waals surface area contributed by atoms with E-state index in [0.29, 0.717) is 0 Å². The van der Waals surface area contributed by atoms with Crippen molar-refractivity contribution in [1.82, 2.24) is 9.97 Å². The molecule has 10 heteroatoms. The molecule has 1 aromatic rings. The lowest BCUT2D eigenvalue weighted by Gasteiger charge is -2.37. The number of aliphatic hydroxyl groups excluding tert-OH is 3. The number of aliphatic hydroxyl groups is 3. The Morgan fingerprint density at radius 1 is 1.35 bits per heavy atom. The summed E-state index contributed by atoms with van der Waals surface area (Å²) in [4.78, 5) is 36.2. The number of amides is 1. The van der Waals surface area contributed by atoms with Gasteiger partial charge in [-0.15, -0.1) is 0 Å². The van der Waals surface area contributed by atoms with Gasteiger partial charge in [0, 0.05) is 13.8 Å². The van der Waals surface area contributed by atoms with Crippen molar-refractivity contribution >= 4 is 23.4 Å². The zero-order valence-corrected chi connectivity index (χ0v) is 12.8. The molecule has 2 rings (SSSR count). The normalized spacial score (nSPS) is 22.9. The maximum Gasteiger partial charge on any atom is 0.256 e. The number of carbonyl (C=O) groups is 2. The highest BCUT2D eigenvalue weighted by Crippen LogP contribution is 2.30. The largest absolute Gasteiger partial charge is 0.492 e. The lowest BCUT2D eigenvalue weighted by molar-refractivity contribution is -0.126. The Hall–Kier alpha value is -2.43. The Bertz CT molecular complexity index is 704. The number of aliphatic imine (C=N–C) groups is 1. The Morgan fingerprint density at radius 2 is 1.96 bits per heavy atom. The SMILES string of the molecule is CC(=O)N1c2nc(C(O)C(C)O)cnc2C(O)=NC1(N)C(C)=O. The van der Waals surface area contributed by atoms with Crippen LogP contribution >= 0.6 is 0 Å². The molecule has 10 nitrogen and oxygen atoms in total. The van der Waals surface area contributed by atoms with Crippen molar-refractivity contribution in [3.05, 3.63) is 17.6 Å². The lowest BCUT2D eigenvalue weighted by Crippen LogP contribution is -2.64. The second kappa shape index (κ2) is 5.65. The summed E-state index contributed by atoms with van der Waals surface area (Å²) in [5.41, 5.74) is 5.65. The van der Waals surface area contributed by atoms with E-state index < -0.39 is 35.6 Å². The average molecular weight is 323 g/mol. The van der Waals surface area contributed by atoms with Crippen LogP contribution in [0.15, 0.2) is 11.2 Å². The minimum Gasteiger partial charge on any atom is -0.492 e. The molecule has 0 saturated heterocycles. The number of Topliss-reactive ketones (excluding diaryl/α,β-unsaturated/α-hetero) is 1. The maximum absolute atomic E-state index is 12.0. The van der Waals surface area contributed by atoms with Gasteiger partial charge in [0.05, 0.1) is 18.0 Å². The summed E-state index contributed by atoms with van der Waals surface area (Å²) in [6.07, 6.45) is -1.39. The number of hydrogen-bond donors (Lipinski definition) is 4. The van der Waals surface area contributed by atoms with Gasteiger partial charge in [-0.25, -0.2) is 14.9 Å². The summed E-state index contributed by atoms with van der Waals surface area (Å²) in [5.74, 6) is -4.39. The first-order valence-electron chi connectivity index (χ1n) is 6.72. The van der Waals surface area contributed by atoms with Gasteiger partial charge in [0.15, 0.2) is 17.3 Å². The number of nitrogens with two attached hydrogens (primary N) is 1. The summed E-state index contributed by atoms with van der Waals surface area (Å²) >= 11 is 0. The number of aromatic nitrogens is 2. The molecule has 1 aliphatic heterocycles. The Morgan fingerprint density at radius 3 is 2.43 bits per heavy atom. The molecule has 0 bridgehead atoms. The van der Waals surface area contributed by atoms with E-state index in [1.165, 1.54) is 6.92 Å². The molecule has 2 heterocycles. The molecule has 1 aliphatic rings. The van der Waals surface area contributed by atoms with Crippen LogP contribution < -0.4 is 10.6 Å². The highest BCUT2D eigenvalue weighted by atomic mass is 16.3. The van der Waals surface area contributed by atoms with Crippen LogP contribution in [0.4, 0.5) is 5.82 Å². The molecule has 124 valence electrons. The summed E-state index contributed by atoms with van der Waals surface area (Å²) in [6.45, 7) is 3.60. The van der Waals surface area contributed by atoms with E-state index in [0.717, 1.165) is 24.9 Å². The van der Waals surface area contributed by atoms with Gasteiger partial charge in [-0.2, -0.15) is 4.99 Å². The highest BCUT2D eigenvalue weighted by Gasteiger charge is 2.47. The van der Waals surface area contributed by atoms with Gasteiger partial charge in [0.1, 0.15) is 6.10 Å². The fraction of sp³-hybridized carbons (Fsp3) is 0.462. The fourth-order valence-electron chi connectivity index (χ4n) is 2.15. The van der Waals surface area contributed by atoms with E-state index in [1.54, 1.807) is 0 Å². The van der Waals surface area contributed by atoms with E-state index in [4.69, 9.17) is 5.73 Å². The molecule has 0 fully saturated rings. The van der Waals surface area contributed by atoms with Crippen LogP contribution in [-0.2, 0) is 9.59 Å². The zero-order chi connectivity index (χ0) is 17.5. The molecule has 0 radical (unpaired) electrons. The summed E-state index contributed by atoms with van der Waals surface area (Å²) in [6, 6.07) is 0. The number of hydrogen-bond acceptors (Lipinski definition) is 8. The fourth-order valence-corrected chi connectivity index (χ4v) is 2.15. The van der Waals surface area contributed by atoms with Crippen LogP contribution in [0.5, 0.6) is 0 Å². The van der Waals surface area contributed by atoms with Crippen LogP contribution in [0, 0.1) is 0 Å². The van der Waals surface area contributed by atoms with Crippen molar-refractivity contribution in [2.45, 2.75) is 38.8 Å². The second-order valence-corrected chi connectivity index (χ2v) is 5.22. The van der Waals surface area contributed by atoms with Gasteiger partial charge in [-0.3, -0.25) is 15.3 Å². The predicted molar refractivity (Wildman–Crippen MR) is 78.6 cm³/mol. The van der Waals surface area contributed by atoms with E-state index in [9.17, 15) is 24.9 Å².